The average Bonchev–Trinajstić information content (AvgIpc) is 2.47. The minimum atomic E-state index is 0.536. The Labute approximate surface area is 77.1 Å². The van der Waals surface area contributed by atoms with Gasteiger partial charge < -0.3 is 0 Å². The van der Waals surface area contributed by atoms with Crippen molar-refractivity contribution in [1.29, 1.82) is 0 Å². The fraction of sp³-hybridized carbons (Fsp3) is 1.00. The summed E-state index contributed by atoms with van der Waals surface area (Å²) in [6, 6.07) is 0. The molecule has 0 aromatic rings. The maximum atomic E-state index is 2.68. The molecule has 72 valence electrons. The molecule has 0 spiro atoms. The van der Waals surface area contributed by atoms with E-state index in [0.29, 0.717) is 5.54 Å². The lowest BCUT2D eigenvalue weighted by Gasteiger charge is -2.41. The van der Waals surface area contributed by atoms with E-state index in [1.54, 1.807) is 0 Å². The van der Waals surface area contributed by atoms with Gasteiger partial charge in [-0.25, -0.2) is 0 Å². The average molecular weight is 169 g/mol. The van der Waals surface area contributed by atoms with Crippen LogP contribution < -0.4 is 0 Å². The first-order chi connectivity index (χ1) is 5.67. The molecule has 1 aliphatic rings. The zero-order valence-electron chi connectivity index (χ0n) is 9.06. The topological polar surface area (TPSA) is 3.24 Å². The van der Waals surface area contributed by atoms with Crippen LogP contribution in [0.2, 0.25) is 0 Å². The van der Waals surface area contributed by atoms with Gasteiger partial charge in [-0.2, -0.15) is 0 Å². The largest absolute Gasteiger partial charge is 0.298 e. The van der Waals surface area contributed by atoms with Gasteiger partial charge in [0.1, 0.15) is 0 Å². The van der Waals surface area contributed by atoms with Crippen LogP contribution in [0.1, 0.15) is 47.0 Å². The molecule has 0 radical (unpaired) electrons. The van der Waals surface area contributed by atoms with E-state index in [9.17, 15) is 0 Å². The first-order valence-electron chi connectivity index (χ1n) is 5.42. The molecular weight excluding hydrogens is 146 g/mol. The summed E-state index contributed by atoms with van der Waals surface area (Å²) < 4.78 is 0. The van der Waals surface area contributed by atoms with Gasteiger partial charge in [0.2, 0.25) is 0 Å². The van der Waals surface area contributed by atoms with Crippen LogP contribution >= 0.6 is 0 Å². The minimum Gasteiger partial charge on any atom is -0.298 e. The molecule has 1 rings (SSSR count). The van der Waals surface area contributed by atoms with E-state index < -0.39 is 0 Å². The van der Waals surface area contributed by atoms with Crippen LogP contribution in [0.4, 0.5) is 0 Å². The van der Waals surface area contributed by atoms with Crippen molar-refractivity contribution in [3.63, 3.8) is 0 Å². The molecule has 0 aromatic carbocycles. The molecule has 0 saturated carbocycles. The molecule has 1 fully saturated rings. The third kappa shape index (κ3) is 1.39. The number of hydrogen-bond acceptors (Lipinski definition) is 1. The summed E-state index contributed by atoms with van der Waals surface area (Å²) in [7, 11) is 0. The summed E-state index contributed by atoms with van der Waals surface area (Å²) in [5.41, 5.74) is 0.536. The number of likely N-dealkylation sites (tertiary alicyclic amines) is 1. The van der Waals surface area contributed by atoms with Crippen LogP contribution in [0.25, 0.3) is 0 Å². The summed E-state index contributed by atoms with van der Waals surface area (Å²) in [5, 5.41) is 0. The Morgan fingerprint density at radius 2 is 2.00 bits per heavy atom. The van der Waals surface area contributed by atoms with Crippen LogP contribution in [0, 0.1) is 5.92 Å². The van der Waals surface area contributed by atoms with Crippen LogP contribution in [0.3, 0.4) is 0 Å². The molecule has 0 aromatic heterocycles. The first kappa shape index (κ1) is 10.0. The number of rotatable bonds is 3. The zero-order valence-corrected chi connectivity index (χ0v) is 9.06. The molecule has 1 unspecified atom stereocenters. The Morgan fingerprint density at radius 3 is 2.33 bits per heavy atom. The number of hydrogen-bond donors (Lipinski definition) is 0. The van der Waals surface area contributed by atoms with E-state index in [1.165, 1.54) is 32.4 Å². The highest BCUT2D eigenvalue weighted by Gasteiger charge is 2.40. The summed E-state index contributed by atoms with van der Waals surface area (Å²) in [5.74, 6) is 0.810. The lowest BCUT2D eigenvalue weighted by atomic mass is 9.81. The monoisotopic (exact) mass is 169 g/mol. The van der Waals surface area contributed by atoms with Gasteiger partial charge in [0.05, 0.1) is 0 Å². The molecule has 0 bridgehead atoms. The van der Waals surface area contributed by atoms with E-state index in [0.717, 1.165) is 5.92 Å². The Morgan fingerprint density at radius 1 is 1.33 bits per heavy atom. The van der Waals surface area contributed by atoms with E-state index in [-0.39, 0.29) is 0 Å². The minimum absolute atomic E-state index is 0.536. The predicted molar refractivity (Wildman–Crippen MR) is 54.3 cm³/mol. The standard InChI is InChI=1S/C11H23N/c1-5-11(10(3)4)8-7-9-12(11)6-2/h10H,5-9H2,1-4H3. The van der Waals surface area contributed by atoms with Gasteiger partial charge in [-0.15, -0.1) is 0 Å². The Bertz CT molecular complexity index is 142. The van der Waals surface area contributed by atoms with Gasteiger partial charge >= 0.3 is 0 Å². The van der Waals surface area contributed by atoms with E-state index in [1.807, 2.05) is 0 Å². The van der Waals surface area contributed by atoms with Crippen LogP contribution in [-0.2, 0) is 0 Å². The highest BCUT2D eigenvalue weighted by Crippen LogP contribution is 2.38. The first-order valence-corrected chi connectivity index (χ1v) is 5.42. The van der Waals surface area contributed by atoms with Crippen molar-refractivity contribution >= 4 is 0 Å². The van der Waals surface area contributed by atoms with Gasteiger partial charge in [0.15, 0.2) is 0 Å². The molecule has 1 heteroatoms. The maximum Gasteiger partial charge on any atom is 0.0230 e. The summed E-state index contributed by atoms with van der Waals surface area (Å²) >= 11 is 0. The predicted octanol–water partition coefficient (Wildman–Crippen LogP) is 2.91. The van der Waals surface area contributed by atoms with Gasteiger partial charge in [-0.1, -0.05) is 27.7 Å². The third-order valence-corrected chi connectivity index (χ3v) is 3.74. The number of nitrogens with zero attached hydrogens (tertiary/aromatic N) is 1. The molecule has 12 heavy (non-hydrogen) atoms. The highest BCUT2D eigenvalue weighted by molar-refractivity contribution is 4.96. The molecule has 1 heterocycles. The molecule has 1 saturated heterocycles. The molecule has 0 N–H and O–H groups in total. The van der Waals surface area contributed by atoms with Crippen molar-refractivity contribution in [3.8, 4) is 0 Å². The summed E-state index contributed by atoms with van der Waals surface area (Å²) in [4.78, 5) is 2.68. The maximum absolute atomic E-state index is 2.68. The van der Waals surface area contributed by atoms with Crippen molar-refractivity contribution < 1.29 is 0 Å². The van der Waals surface area contributed by atoms with Gasteiger partial charge in [-0.3, -0.25) is 4.90 Å². The van der Waals surface area contributed by atoms with Gasteiger partial charge in [0, 0.05) is 5.54 Å². The Balaban J connectivity index is 2.75. The van der Waals surface area contributed by atoms with E-state index in [4.69, 9.17) is 0 Å². The zero-order chi connectivity index (χ0) is 9.19. The van der Waals surface area contributed by atoms with Crippen LogP contribution in [0.15, 0.2) is 0 Å². The normalized spacial score (nSPS) is 31.8. The second-order valence-corrected chi connectivity index (χ2v) is 4.30. The van der Waals surface area contributed by atoms with Crippen molar-refractivity contribution in [3.05, 3.63) is 0 Å². The third-order valence-electron chi connectivity index (χ3n) is 3.74. The molecule has 0 amide bonds. The van der Waals surface area contributed by atoms with E-state index >= 15 is 0 Å². The Hall–Kier alpha value is -0.0400. The van der Waals surface area contributed by atoms with E-state index in [2.05, 4.69) is 32.6 Å². The van der Waals surface area contributed by atoms with Crippen molar-refractivity contribution in [2.75, 3.05) is 13.1 Å². The summed E-state index contributed by atoms with van der Waals surface area (Å²) in [6.45, 7) is 11.9. The molecule has 1 atom stereocenters. The molecule has 1 nitrogen and oxygen atoms in total. The highest BCUT2D eigenvalue weighted by atomic mass is 15.2. The smallest absolute Gasteiger partial charge is 0.0230 e. The van der Waals surface area contributed by atoms with Gasteiger partial charge in [-0.05, 0) is 38.3 Å². The fourth-order valence-electron chi connectivity index (χ4n) is 2.89. The second-order valence-electron chi connectivity index (χ2n) is 4.30. The van der Waals surface area contributed by atoms with Crippen LogP contribution in [-0.4, -0.2) is 23.5 Å². The summed E-state index contributed by atoms with van der Waals surface area (Å²) in [6.07, 6.45) is 4.13. The molecule has 1 aliphatic heterocycles. The lowest BCUT2D eigenvalue weighted by Crippen LogP contribution is -2.47. The lowest BCUT2D eigenvalue weighted by molar-refractivity contribution is 0.0883. The fourth-order valence-corrected chi connectivity index (χ4v) is 2.89. The molecule has 0 aliphatic carbocycles. The van der Waals surface area contributed by atoms with Crippen molar-refractivity contribution in [1.82, 2.24) is 4.90 Å². The Kier molecular flexibility index (Phi) is 3.16. The second kappa shape index (κ2) is 3.78. The van der Waals surface area contributed by atoms with Crippen molar-refractivity contribution in [2.24, 2.45) is 5.92 Å². The quantitative estimate of drug-likeness (QED) is 0.628. The molecular formula is C11H23N. The van der Waals surface area contributed by atoms with Crippen molar-refractivity contribution in [2.45, 2.75) is 52.5 Å². The SMILES string of the molecule is CCN1CCCC1(CC)C(C)C. The van der Waals surface area contributed by atoms with Gasteiger partial charge in [0.25, 0.3) is 0 Å². The van der Waals surface area contributed by atoms with Crippen LogP contribution in [0.5, 0.6) is 0 Å².